The van der Waals surface area contributed by atoms with E-state index in [1.807, 2.05) is 31.2 Å². The van der Waals surface area contributed by atoms with E-state index >= 15 is 0 Å². The standard InChI is InChI=1S/C9H12N4/c1-7-5-3-4-6-8(7)9(12-10)13-11-2/h3-6H,2,10H2,1H3,(H,12,13). The molecule has 13 heavy (non-hydrogen) atoms. The first-order valence-corrected chi connectivity index (χ1v) is 3.86. The van der Waals surface area contributed by atoms with E-state index in [1.54, 1.807) is 0 Å². The molecule has 0 aliphatic heterocycles. The summed E-state index contributed by atoms with van der Waals surface area (Å²) in [5.41, 5.74) is 4.49. The Labute approximate surface area is 77.1 Å². The summed E-state index contributed by atoms with van der Waals surface area (Å²) in [7, 11) is 0. The molecule has 0 fully saturated rings. The molecule has 4 heteroatoms. The van der Waals surface area contributed by atoms with Crippen LogP contribution in [0.2, 0.25) is 0 Å². The number of nitrogens with two attached hydrogens (primary N) is 1. The van der Waals surface area contributed by atoms with Gasteiger partial charge in [0.05, 0.1) is 0 Å². The summed E-state index contributed by atoms with van der Waals surface area (Å²) >= 11 is 0. The summed E-state index contributed by atoms with van der Waals surface area (Å²) in [6.45, 7) is 5.25. The maximum Gasteiger partial charge on any atom is 0.170 e. The molecule has 0 spiro atoms. The molecule has 0 saturated carbocycles. The van der Waals surface area contributed by atoms with Gasteiger partial charge in [-0.25, -0.2) is 5.84 Å². The average molecular weight is 176 g/mol. The van der Waals surface area contributed by atoms with Gasteiger partial charge >= 0.3 is 0 Å². The SMILES string of the molecule is C=N/N=C(/NN)c1ccccc1C. The summed E-state index contributed by atoms with van der Waals surface area (Å²) < 4.78 is 0. The molecule has 0 aliphatic rings. The molecule has 0 heterocycles. The van der Waals surface area contributed by atoms with Gasteiger partial charge in [-0.2, -0.15) is 5.10 Å². The molecule has 68 valence electrons. The molecule has 0 radical (unpaired) electrons. The van der Waals surface area contributed by atoms with E-state index in [2.05, 4.69) is 22.3 Å². The van der Waals surface area contributed by atoms with Gasteiger partial charge in [0.25, 0.3) is 0 Å². The van der Waals surface area contributed by atoms with Gasteiger partial charge in [0.15, 0.2) is 5.84 Å². The lowest BCUT2D eigenvalue weighted by Gasteiger charge is -2.06. The Bertz CT molecular complexity index is 330. The maximum atomic E-state index is 5.29. The smallest absolute Gasteiger partial charge is 0.170 e. The minimum atomic E-state index is 0.521. The summed E-state index contributed by atoms with van der Waals surface area (Å²) in [6.07, 6.45) is 0. The van der Waals surface area contributed by atoms with Crippen molar-refractivity contribution in [2.24, 2.45) is 16.0 Å². The number of hydrogen-bond donors (Lipinski definition) is 2. The lowest BCUT2D eigenvalue weighted by Crippen LogP contribution is -2.31. The van der Waals surface area contributed by atoms with Gasteiger partial charge in [0.2, 0.25) is 0 Å². The van der Waals surface area contributed by atoms with Gasteiger partial charge < -0.3 is 5.43 Å². The van der Waals surface area contributed by atoms with Crippen molar-refractivity contribution in [2.75, 3.05) is 0 Å². The number of aryl methyl sites for hydroxylation is 1. The maximum absolute atomic E-state index is 5.29. The molecule has 0 aromatic heterocycles. The van der Waals surface area contributed by atoms with Gasteiger partial charge in [0.1, 0.15) is 0 Å². The largest absolute Gasteiger partial charge is 0.306 e. The zero-order valence-corrected chi connectivity index (χ0v) is 7.49. The van der Waals surface area contributed by atoms with Gasteiger partial charge in [-0.05, 0) is 12.5 Å². The quantitative estimate of drug-likeness (QED) is 0.303. The first kappa shape index (κ1) is 9.41. The monoisotopic (exact) mass is 176 g/mol. The normalized spacial score (nSPS) is 11.1. The topological polar surface area (TPSA) is 62.8 Å². The minimum absolute atomic E-state index is 0.521. The summed E-state index contributed by atoms with van der Waals surface area (Å²) in [6, 6.07) is 7.76. The minimum Gasteiger partial charge on any atom is -0.306 e. The third-order valence-electron chi connectivity index (χ3n) is 1.71. The zero-order chi connectivity index (χ0) is 9.68. The molecule has 0 amide bonds. The van der Waals surface area contributed by atoms with Crippen LogP contribution in [0.1, 0.15) is 11.1 Å². The Morgan fingerprint density at radius 1 is 1.46 bits per heavy atom. The van der Waals surface area contributed by atoms with E-state index in [-0.39, 0.29) is 0 Å². The van der Waals surface area contributed by atoms with Crippen LogP contribution in [-0.2, 0) is 0 Å². The number of hydrogen-bond acceptors (Lipinski definition) is 3. The molecule has 3 N–H and O–H groups in total. The Morgan fingerprint density at radius 2 is 2.15 bits per heavy atom. The summed E-state index contributed by atoms with van der Waals surface area (Å²) in [5, 5.41) is 7.19. The van der Waals surface area contributed by atoms with Crippen molar-refractivity contribution in [3.63, 3.8) is 0 Å². The van der Waals surface area contributed by atoms with Crippen LogP contribution in [0.4, 0.5) is 0 Å². The summed E-state index contributed by atoms with van der Waals surface area (Å²) in [5.74, 6) is 5.81. The lowest BCUT2D eigenvalue weighted by molar-refractivity contribution is 1.00. The van der Waals surface area contributed by atoms with E-state index in [4.69, 9.17) is 5.84 Å². The van der Waals surface area contributed by atoms with Gasteiger partial charge in [-0.3, -0.25) is 0 Å². The molecule has 1 rings (SSSR count). The molecule has 0 saturated heterocycles. The van der Waals surface area contributed by atoms with Crippen molar-refractivity contribution in [3.05, 3.63) is 35.4 Å². The van der Waals surface area contributed by atoms with Crippen molar-refractivity contribution >= 4 is 12.6 Å². The number of nitrogens with one attached hydrogen (secondary N) is 1. The van der Waals surface area contributed by atoms with Crippen molar-refractivity contribution in [1.29, 1.82) is 0 Å². The summed E-state index contributed by atoms with van der Waals surface area (Å²) in [4.78, 5) is 0. The van der Waals surface area contributed by atoms with Crippen molar-refractivity contribution in [3.8, 4) is 0 Å². The predicted octanol–water partition coefficient (Wildman–Crippen LogP) is 0.821. The van der Waals surface area contributed by atoms with Crippen LogP contribution in [0.15, 0.2) is 34.5 Å². The molecule has 4 nitrogen and oxygen atoms in total. The van der Waals surface area contributed by atoms with Gasteiger partial charge in [-0.1, -0.05) is 24.3 Å². The van der Waals surface area contributed by atoms with Crippen LogP contribution in [-0.4, -0.2) is 12.6 Å². The van der Waals surface area contributed by atoms with Crippen molar-refractivity contribution in [2.45, 2.75) is 6.92 Å². The second-order valence-corrected chi connectivity index (χ2v) is 2.55. The van der Waals surface area contributed by atoms with Crippen molar-refractivity contribution < 1.29 is 0 Å². The molecule has 1 aromatic carbocycles. The van der Waals surface area contributed by atoms with Crippen LogP contribution in [0.3, 0.4) is 0 Å². The van der Waals surface area contributed by atoms with Gasteiger partial charge in [-0.15, -0.1) is 5.10 Å². The van der Waals surface area contributed by atoms with Crippen LogP contribution in [0.25, 0.3) is 0 Å². The number of hydrazine groups is 1. The highest BCUT2D eigenvalue weighted by atomic mass is 15.3. The Morgan fingerprint density at radius 3 is 2.69 bits per heavy atom. The number of benzene rings is 1. The fourth-order valence-electron chi connectivity index (χ4n) is 1.07. The third-order valence-corrected chi connectivity index (χ3v) is 1.71. The first-order valence-electron chi connectivity index (χ1n) is 3.86. The predicted molar refractivity (Wildman–Crippen MR) is 54.6 cm³/mol. The Balaban J connectivity index is 3.12. The van der Waals surface area contributed by atoms with Gasteiger partial charge in [0, 0.05) is 12.3 Å². The first-order chi connectivity index (χ1) is 6.29. The molecule has 0 bridgehead atoms. The average Bonchev–Trinajstić information content (AvgIpc) is 2.16. The van der Waals surface area contributed by atoms with Crippen LogP contribution >= 0.6 is 0 Å². The number of rotatable bonds is 2. The Kier molecular flexibility index (Phi) is 3.16. The fourth-order valence-corrected chi connectivity index (χ4v) is 1.07. The van der Waals surface area contributed by atoms with E-state index in [0.29, 0.717) is 5.84 Å². The van der Waals surface area contributed by atoms with Crippen LogP contribution < -0.4 is 11.3 Å². The fraction of sp³-hybridized carbons (Fsp3) is 0.111. The number of nitrogens with zero attached hydrogens (tertiary/aromatic N) is 2. The van der Waals surface area contributed by atoms with E-state index < -0.39 is 0 Å². The lowest BCUT2D eigenvalue weighted by atomic mass is 10.1. The molecule has 0 unspecified atom stereocenters. The zero-order valence-electron chi connectivity index (χ0n) is 7.49. The second kappa shape index (κ2) is 4.37. The van der Waals surface area contributed by atoms with E-state index in [0.717, 1.165) is 11.1 Å². The van der Waals surface area contributed by atoms with Crippen molar-refractivity contribution in [1.82, 2.24) is 5.43 Å². The molecule has 0 aliphatic carbocycles. The third kappa shape index (κ3) is 2.13. The number of amidine groups is 1. The molecular weight excluding hydrogens is 164 g/mol. The second-order valence-electron chi connectivity index (χ2n) is 2.55. The molecular formula is C9H12N4. The highest BCUT2D eigenvalue weighted by molar-refractivity contribution is 5.99. The highest BCUT2D eigenvalue weighted by Crippen LogP contribution is 2.06. The molecule has 0 atom stereocenters. The van der Waals surface area contributed by atoms with Crippen LogP contribution in [0, 0.1) is 6.92 Å². The van der Waals surface area contributed by atoms with E-state index in [1.165, 1.54) is 0 Å². The molecule has 1 aromatic rings. The van der Waals surface area contributed by atoms with Crippen LogP contribution in [0.5, 0.6) is 0 Å². The Hall–Kier alpha value is -1.68. The highest BCUT2D eigenvalue weighted by Gasteiger charge is 2.03. The van der Waals surface area contributed by atoms with E-state index in [9.17, 15) is 0 Å².